The Balaban J connectivity index is 2.23. The van der Waals surface area contributed by atoms with Gasteiger partial charge in [0.2, 0.25) is 0 Å². The van der Waals surface area contributed by atoms with E-state index in [0.29, 0.717) is 23.5 Å². The van der Waals surface area contributed by atoms with Crippen LogP contribution in [0, 0.1) is 5.82 Å². The second kappa shape index (κ2) is 4.53. The fraction of sp³-hybridized carbons (Fsp3) is 0.182. The van der Waals surface area contributed by atoms with Gasteiger partial charge in [-0.25, -0.2) is 9.37 Å². The Labute approximate surface area is 97.4 Å². The third-order valence-electron chi connectivity index (χ3n) is 2.11. The summed E-state index contributed by atoms with van der Waals surface area (Å²) in [4.78, 5) is 4.02. The second-order valence-electron chi connectivity index (χ2n) is 3.16. The van der Waals surface area contributed by atoms with Crippen LogP contribution in [0.1, 0.15) is 6.92 Å². The molecule has 0 amide bonds. The Bertz CT molecular complexity index is 481. The van der Waals surface area contributed by atoms with Crippen molar-refractivity contribution in [1.29, 1.82) is 0 Å². The number of hydrogen-bond acceptors (Lipinski definition) is 2. The van der Waals surface area contributed by atoms with Gasteiger partial charge in [-0.05, 0) is 31.2 Å². The fourth-order valence-corrected chi connectivity index (χ4v) is 1.56. The van der Waals surface area contributed by atoms with Gasteiger partial charge in [0, 0.05) is 6.54 Å². The van der Waals surface area contributed by atoms with Gasteiger partial charge in [-0.1, -0.05) is 11.6 Å². The van der Waals surface area contributed by atoms with Crippen molar-refractivity contribution >= 4 is 11.6 Å². The Hall–Kier alpha value is -1.55. The van der Waals surface area contributed by atoms with Crippen LogP contribution in [0.4, 0.5) is 4.39 Å². The van der Waals surface area contributed by atoms with E-state index in [-0.39, 0.29) is 5.82 Å². The molecule has 0 saturated heterocycles. The van der Waals surface area contributed by atoms with Crippen molar-refractivity contribution in [3.05, 3.63) is 41.4 Å². The molecule has 1 aromatic heterocycles. The van der Waals surface area contributed by atoms with Gasteiger partial charge < -0.3 is 4.74 Å². The summed E-state index contributed by atoms with van der Waals surface area (Å²) < 4.78 is 19.9. The molecule has 3 nitrogen and oxygen atoms in total. The molecule has 0 radical (unpaired) electrons. The van der Waals surface area contributed by atoms with E-state index in [1.54, 1.807) is 4.57 Å². The standard InChI is InChI=1S/C11H10ClFN2O/c1-2-15-10(12)7-14-11(15)16-9-5-3-8(13)4-6-9/h3-7H,2H2,1H3. The number of halogens is 2. The number of benzene rings is 1. The third-order valence-corrected chi connectivity index (χ3v) is 2.41. The number of rotatable bonds is 3. The second-order valence-corrected chi connectivity index (χ2v) is 3.55. The summed E-state index contributed by atoms with van der Waals surface area (Å²) in [7, 11) is 0. The lowest BCUT2D eigenvalue weighted by Crippen LogP contribution is -1.98. The maximum absolute atomic E-state index is 12.7. The molecule has 0 saturated carbocycles. The van der Waals surface area contributed by atoms with Crippen LogP contribution in [0.3, 0.4) is 0 Å². The average Bonchev–Trinajstić information content (AvgIpc) is 2.63. The highest BCUT2D eigenvalue weighted by Crippen LogP contribution is 2.23. The summed E-state index contributed by atoms with van der Waals surface area (Å²) in [5.41, 5.74) is 0. The van der Waals surface area contributed by atoms with E-state index in [2.05, 4.69) is 4.98 Å². The molecule has 0 aliphatic rings. The van der Waals surface area contributed by atoms with E-state index in [4.69, 9.17) is 16.3 Å². The molecule has 84 valence electrons. The van der Waals surface area contributed by atoms with Crippen LogP contribution >= 0.6 is 11.6 Å². The molecular formula is C11H10ClFN2O. The van der Waals surface area contributed by atoms with Crippen LogP contribution in [-0.4, -0.2) is 9.55 Å². The quantitative estimate of drug-likeness (QED) is 0.821. The summed E-state index contributed by atoms with van der Waals surface area (Å²) in [6.07, 6.45) is 1.52. The predicted octanol–water partition coefficient (Wildman–Crippen LogP) is 3.49. The van der Waals surface area contributed by atoms with Gasteiger partial charge in [0.15, 0.2) is 0 Å². The van der Waals surface area contributed by atoms with Crippen molar-refractivity contribution in [2.24, 2.45) is 0 Å². The topological polar surface area (TPSA) is 27.1 Å². The summed E-state index contributed by atoms with van der Waals surface area (Å²) in [6.45, 7) is 2.60. The lowest BCUT2D eigenvalue weighted by Gasteiger charge is -2.07. The molecular weight excluding hydrogens is 231 g/mol. The normalized spacial score (nSPS) is 10.4. The van der Waals surface area contributed by atoms with Crippen molar-refractivity contribution in [1.82, 2.24) is 9.55 Å². The van der Waals surface area contributed by atoms with Gasteiger partial charge in [-0.3, -0.25) is 4.57 Å². The maximum Gasteiger partial charge on any atom is 0.303 e. The molecule has 0 bridgehead atoms. The number of imidazole rings is 1. The largest absolute Gasteiger partial charge is 0.425 e. The zero-order chi connectivity index (χ0) is 11.5. The Kier molecular flexibility index (Phi) is 3.10. The van der Waals surface area contributed by atoms with E-state index < -0.39 is 0 Å². The molecule has 0 atom stereocenters. The van der Waals surface area contributed by atoms with E-state index >= 15 is 0 Å². The van der Waals surface area contributed by atoms with Crippen LogP contribution < -0.4 is 4.74 Å². The van der Waals surface area contributed by atoms with Crippen molar-refractivity contribution in [2.75, 3.05) is 0 Å². The molecule has 0 N–H and O–H groups in total. The van der Waals surface area contributed by atoms with Crippen LogP contribution in [0.25, 0.3) is 0 Å². The van der Waals surface area contributed by atoms with E-state index in [1.807, 2.05) is 6.92 Å². The van der Waals surface area contributed by atoms with Gasteiger partial charge >= 0.3 is 6.01 Å². The predicted molar refractivity (Wildman–Crippen MR) is 59.4 cm³/mol. The number of aromatic nitrogens is 2. The molecule has 0 aliphatic carbocycles. The molecule has 1 heterocycles. The highest BCUT2D eigenvalue weighted by atomic mass is 35.5. The molecule has 0 unspecified atom stereocenters. The summed E-state index contributed by atoms with van der Waals surface area (Å²) in [6, 6.07) is 6.14. The summed E-state index contributed by atoms with van der Waals surface area (Å²) >= 11 is 5.90. The van der Waals surface area contributed by atoms with Gasteiger partial charge in [0.1, 0.15) is 16.7 Å². The monoisotopic (exact) mass is 240 g/mol. The summed E-state index contributed by atoms with van der Waals surface area (Å²) in [5.74, 6) is 0.225. The Morgan fingerprint density at radius 3 is 2.69 bits per heavy atom. The third kappa shape index (κ3) is 2.17. The zero-order valence-corrected chi connectivity index (χ0v) is 9.41. The van der Waals surface area contributed by atoms with Crippen LogP contribution in [0.15, 0.2) is 30.5 Å². The van der Waals surface area contributed by atoms with Crippen molar-refractivity contribution < 1.29 is 9.13 Å². The first-order chi connectivity index (χ1) is 7.70. The smallest absolute Gasteiger partial charge is 0.303 e. The van der Waals surface area contributed by atoms with Gasteiger partial charge in [-0.15, -0.1) is 0 Å². The van der Waals surface area contributed by atoms with Crippen LogP contribution in [0.2, 0.25) is 5.15 Å². The first kappa shape index (κ1) is 11.0. The van der Waals surface area contributed by atoms with Crippen LogP contribution in [-0.2, 0) is 6.54 Å². The van der Waals surface area contributed by atoms with Crippen molar-refractivity contribution in [3.8, 4) is 11.8 Å². The Morgan fingerprint density at radius 2 is 2.06 bits per heavy atom. The molecule has 0 fully saturated rings. The lowest BCUT2D eigenvalue weighted by molar-refractivity contribution is 0.414. The van der Waals surface area contributed by atoms with Gasteiger partial charge in [0.05, 0.1) is 6.20 Å². The van der Waals surface area contributed by atoms with Crippen LogP contribution in [0.5, 0.6) is 11.8 Å². The Morgan fingerprint density at radius 1 is 1.38 bits per heavy atom. The zero-order valence-electron chi connectivity index (χ0n) is 8.65. The molecule has 1 aromatic carbocycles. The fourth-order valence-electron chi connectivity index (χ4n) is 1.32. The number of nitrogens with zero attached hydrogens (tertiary/aromatic N) is 2. The van der Waals surface area contributed by atoms with Gasteiger partial charge in [0.25, 0.3) is 0 Å². The average molecular weight is 241 g/mol. The maximum atomic E-state index is 12.7. The minimum Gasteiger partial charge on any atom is -0.425 e. The summed E-state index contributed by atoms with van der Waals surface area (Å²) in [5, 5.41) is 0.514. The molecule has 0 aliphatic heterocycles. The minimum atomic E-state index is -0.302. The van der Waals surface area contributed by atoms with E-state index in [1.165, 1.54) is 30.5 Å². The minimum absolute atomic E-state index is 0.302. The molecule has 5 heteroatoms. The van der Waals surface area contributed by atoms with E-state index in [9.17, 15) is 4.39 Å². The number of ether oxygens (including phenoxy) is 1. The molecule has 0 spiro atoms. The molecule has 2 aromatic rings. The highest BCUT2D eigenvalue weighted by molar-refractivity contribution is 6.29. The highest BCUT2D eigenvalue weighted by Gasteiger charge is 2.08. The first-order valence-electron chi connectivity index (χ1n) is 4.85. The molecule has 2 rings (SSSR count). The first-order valence-corrected chi connectivity index (χ1v) is 5.23. The molecule has 16 heavy (non-hydrogen) atoms. The lowest BCUT2D eigenvalue weighted by atomic mass is 10.3. The SMILES string of the molecule is CCn1c(Cl)cnc1Oc1ccc(F)cc1. The van der Waals surface area contributed by atoms with Gasteiger partial charge in [-0.2, -0.15) is 0 Å². The number of hydrogen-bond donors (Lipinski definition) is 0. The van der Waals surface area contributed by atoms with Crippen molar-refractivity contribution in [3.63, 3.8) is 0 Å². The van der Waals surface area contributed by atoms with Crippen molar-refractivity contribution in [2.45, 2.75) is 13.5 Å². The van der Waals surface area contributed by atoms with E-state index in [0.717, 1.165) is 0 Å².